The molecule has 30 heavy (non-hydrogen) atoms. The lowest BCUT2D eigenvalue weighted by Crippen LogP contribution is -2.49. The normalized spacial score (nSPS) is 11.7. The highest BCUT2D eigenvalue weighted by Crippen LogP contribution is 2.19. The summed E-state index contributed by atoms with van der Waals surface area (Å²) in [6, 6.07) is 15.1. The molecule has 162 valence electrons. The summed E-state index contributed by atoms with van der Waals surface area (Å²) < 4.78 is 0. The van der Waals surface area contributed by atoms with Crippen molar-refractivity contribution in [1.29, 1.82) is 0 Å². The number of carbonyl (C=O) groups is 2. The van der Waals surface area contributed by atoms with E-state index >= 15 is 0 Å². The Morgan fingerprint density at radius 3 is 2.43 bits per heavy atom. The number of rotatable bonds is 11. The van der Waals surface area contributed by atoms with E-state index in [2.05, 4.69) is 24.4 Å². The second kappa shape index (κ2) is 12.7. The molecule has 0 saturated heterocycles. The van der Waals surface area contributed by atoms with Crippen molar-refractivity contribution in [2.24, 2.45) is 0 Å². The third-order valence-corrected chi connectivity index (χ3v) is 6.16. The van der Waals surface area contributed by atoms with Crippen molar-refractivity contribution in [2.45, 2.75) is 52.0 Å². The van der Waals surface area contributed by atoms with E-state index in [1.165, 1.54) is 11.1 Å². The van der Waals surface area contributed by atoms with E-state index in [9.17, 15) is 9.59 Å². The van der Waals surface area contributed by atoms with Crippen molar-refractivity contribution in [3.8, 4) is 0 Å². The molecule has 0 aliphatic heterocycles. The predicted octanol–water partition coefficient (Wildman–Crippen LogP) is 5.22. The van der Waals surface area contributed by atoms with Crippen LogP contribution in [0.1, 0.15) is 43.4 Å². The molecule has 0 radical (unpaired) electrons. The minimum absolute atomic E-state index is 0.0259. The lowest BCUT2D eigenvalue weighted by molar-refractivity contribution is -0.139. The fourth-order valence-electron chi connectivity index (χ4n) is 3.18. The Labute approximate surface area is 189 Å². The first kappa shape index (κ1) is 24.3. The summed E-state index contributed by atoms with van der Waals surface area (Å²) in [5.41, 5.74) is 3.41. The highest BCUT2D eigenvalue weighted by molar-refractivity contribution is 7.99. The Morgan fingerprint density at radius 1 is 1.10 bits per heavy atom. The van der Waals surface area contributed by atoms with Gasteiger partial charge in [0.15, 0.2) is 0 Å². The van der Waals surface area contributed by atoms with Gasteiger partial charge in [0, 0.05) is 23.9 Å². The number of hydrogen-bond donors (Lipinski definition) is 1. The number of carbonyl (C=O) groups excluding carboxylic acids is 2. The minimum Gasteiger partial charge on any atom is -0.354 e. The Balaban J connectivity index is 2.11. The topological polar surface area (TPSA) is 49.4 Å². The molecule has 0 heterocycles. The number of aryl methyl sites for hydroxylation is 1. The quantitative estimate of drug-likeness (QED) is 0.515. The van der Waals surface area contributed by atoms with Gasteiger partial charge in [-0.25, -0.2) is 0 Å². The molecule has 6 heteroatoms. The van der Waals surface area contributed by atoms with Crippen LogP contribution in [0.2, 0.25) is 5.02 Å². The molecule has 0 aliphatic carbocycles. The number of thioether (sulfide) groups is 1. The monoisotopic (exact) mass is 446 g/mol. The van der Waals surface area contributed by atoms with Crippen molar-refractivity contribution in [1.82, 2.24) is 10.2 Å². The van der Waals surface area contributed by atoms with Crippen LogP contribution in [0.5, 0.6) is 0 Å². The van der Waals surface area contributed by atoms with E-state index < -0.39 is 6.04 Å². The standard InChI is InChI=1S/C24H31ClN2O2S/c1-4-14-26-24(29)22(5-2)27(15-19-10-12-21(25)13-11-19)23(28)17-30-16-20-9-7-6-8-18(20)3/h6-13,22H,4-5,14-17H2,1-3H3,(H,26,29)/t22-/m0/s1. The van der Waals surface area contributed by atoms with E-state index in [1.54, 1.807) is 16.7 Å². The van der Waals surface area contributed by atoms with Crippen LogP contribution < -0.4 is 5.32 Å². The Kier molecular flexibility index (Phi) is 10.2. The van der Waals surface area contributed by atoms with E-state index in [0.717, 1.165) is 17.7 Å². The second-order valence-corrected chi connectivity index (χ2v) is 8.70. The number of hydrogen-bond acceptors (Lipinski definition) is 3. The van der Waals surface area contributed by atoms with Crippen LogP contribution in [0.15, 0.2) is 48.5 Å². The molecule has 2 rings (SSSR count). The molecule has 0 bridgehead atoms. The van der Waals surface area contributed by atoms with Gasteiger partial charge in [0.2, 0.25) is 11.8 Å². The third kappa shape index (κ3) is 7.37. The van der Waals surface area contributed by atoms with Crippen molar-refractivity contribution in [3.05, 3.63) is 70.2 Å². The summed E-state index contributed by atoms with van der Waals surface area (Å²) in [5, 5.41) is 3.59. The summed E-state index contributed by atoms with van der Waals surface area (Å²) >= 11 is 7.58. The molecule has 2 aromatic rings. The fourth-order valence-corrected chi connectivity index (χ4v) is 4.29. The zero-order valence-electron chi connectivity index (χ0n) is 18.0. The number of amides is 2. The maximum absolute atomic E-state index is 13.2. The molecule has 0 fully saturated rings. The number of benzene rings is 2. The highest BCUT2D eigenvalue weighted by atomic mass is 35.5. The van der Waals surface area contributed by atoms with E-state index in [4.69, 9.17) is 11.6 Å². The van der Waals surface area contributed by atoms with Gasteiger partial charge in [0.25, 0.3) is 0 Å². The second-order valence-electron chi connectivity index (χ2n) is 7.28. The molecule has 1 N–H and O–H groups in total. The summed E-state index contributed by atoms with van der Waals surface area (Å²) in [4.78, 5) is 27.6. The van der Waals surface area contributed by atoms with Gasteiger partial charge in [-0.05, 0) is 48.6 Å². The first-order valence-corrected chi connectivity index (χ1v) is 11.9. The molecule has 0 aromatic heterocycles. The van der Waals surface area contributed by atoms with E-state index in [0.29, 0.717) is 30.3 Å². The Morgan fingerprint density at radius 2 is 1.80 bits per heavy atom. The van der Waals surface area contributed by atoms with Gasteiger partial charge in [-0.15, -0.1) is 11.8 Å². The molecule has 0 aliphatic rings. The van der Waals surface area contributed by atoms with Gasteiger partial charge in [0.1, 0.15) is 6.04 Å². The van der Waals surface area contributed by atoms with Crippen LogP contribution in [0.25, 0.3) is 0 Å². The fraction of sp³-hybridized carbons (Fsp3) is 0.417. The summed E-state index contributed by atoms with van der Waals surface area (Å²) in [6.45, 7) is 7.04. The smallest absolute Gasteiger partial charge is 0.242 e. The third-order valence-electron chi connectivity index (χ3n) is 4.95. The summed E-state index contributed by atoms with van der Waals surface area (Å²) in [5.74, 6) is 0.985. The molecule has 2 amide bonds. The zero-order valence-corrected chi connectivity index (χ0v) is 19.6. The van der Waals surface area contributed by atoms with Crippen LogP contribution in [0, 0.1) is 6.92 Å². The van der Waals surface area contributed by atoms with Crippen LogP contribution in [-0.4, -0.2) is 35.1 Å². The molecule has 0 unspecified atom stereocenters. The first-order chi connectivity index (χ1) is 14.5. The summed E-state index contributed by atoms with van der Waals surface area (Å²) in [7, 11) is 0. The van der Waals surface area contributed by atoms with Crippen LogP contribution in [0.4, 0.5) is 0 Å². The predicted molar refractivity (Wildman–Crippen MR) is 127 cm³/mol. The molecular weight excluding hydrogens is 416 g/mol. The van der Waals surface area contributed by atoms with Gasteiger partial charge in [0.05, 0.1) is 5.75 Å². The van der Waals surface area contributed by atoms with Gasteiger partial charge < -0.3 is 10.2 Å². The molecule has 1 atom stereocenters. The number of nitrogens with zero attached hydrogens (tertiary/aromatic N) is 1. The van der Waals surface area contributed by atoms with E-state index in [1.807, 2.05) is 50.2 Å². The first-order valence-electron chi connectivity index (χ1n) is 10.4. The molecule has 0 saturated carbocycles. The van der Waals surface area contributed by atoms with Crippen LogP contribution >= 0.6 is 23.4 Å². The summed E-state index contributed by atoms with van der Waals surface area (Å²) in [6.07, 6.45) is 1.43. The van der Waals surface area contributed by atoms with Crippen LogP contribution in [-0.2, 0) is 21.9 Å². The van der Waals surface area contributed by atoms with Gasteiger partial charge in [-0.2, -0.15) is 0 Å². The Hall–Kier alpha value is -1.98. The average molecular weight is 447 g/mol. The largest absolute Gasteiger partial charge is 0.354 e. The maximum atomic E-state index is 13.2. The van der Waals surface area contributed by atoms with Gasteiger partial charge >= 0.3 is 0 Å². The van der Waals surface area contributed by atoms with E-state index in [-0.39, 0.29) is 11.8 Å². The molecular formula is C24H31ClN2O2S. The van der Waals surface area contributed by atoms with Gasteiger partial charge in [-0.3, -0.25) is 9.59 Å². The number of halogens is 1. The van der Waals surface area contributed by atoms with Crippen molar-refractivity contribution in [2.75, 3.05) is 12.3 Å². The lowest BCUT2D eigenvalue weighted by atomic mass is 10.1. The van der Waals surface area contributed by atoms with Crippen LogP contribution in [0.3, 0.4) is 0 Å². The Bertz CT molecular complexity index is 826. The van der Waals surface area contributed by atoms with Crippen molar-refractivity contribution < 1.29 is 9.59 Å². The average Bonchev–Trinajstić information content (AvgIpc) is 2.74. The van der Waals surface area contributed by atoms with Crippen molar-refractivity contribution >= 4 is 35.2 Å². The highest BCUT2D eigenvalue weighted by Gasteiger charge is 2.28. The molecule has 2 aromatic carbocycles. The lowest BCUT2D eigenvalue weighted by Gasteiger charge is -2.30. The SMILES string of the molecule is CCCNC(=O)[C@H](CC)N(Cc1ccc(Cl)cc1)C(=O)CSCc1ccccc1C. The molecule has 4 nitrogen and oxygen atoms in total. The minimum atomic E-state index is -0.487. The van der Waals surface area contributed by atoms with Gasteiger partial charge in [-0.1, -0.05) is 61.8 Å². The molecule has 0 spiro atoms. The number of nitrogens with one attached hydrogen (secondary N) is 1. The maximum Gasteiger partial charge on any atom is 0.242 e. The zero-order chi connectivity index (χ0) is 21.9. The van der Waals surface area contributed by atoms with Crippen molar-refractivity contribution in [3.63, 3.8) is 0 Å².